The molecule has 0 bridgehead atoms. The van der Waals surface area contributed by atoms with Crippen molar-refractivity contribution in [1.29, 1.82) is 0 Å². The first-order valence-corrected chi connectivity index (χ1v) is 3.68. The summed E-state index contributed by atoms with van der Waals surface area (Å²) in [6.07, 6.45) is 0. The maximum atomic E-state index is 3.80. The van der Waals surface area contributed by atoms with E-state index in [0.717, 1.165) is 4.47 Å². The van der Waals surface area contributed by atoms with Crippen LogP contribution in [0.4, 0.5) is 0 Å². The van der Waals surface area contributed by atoms with Crippen LogP contribution in [-0.4, -0.2) is 16.0 Å². The van der Waals surface area contributed by atoms with Crippen LogP contribution in [0.1, 0.15) is 5.56 Å². The topological polar surface area (TPSA) is 0 Å². The summed E-state index contributed by atoms with van der Waals surface area (Å²) in [5.74, 6) is 0. The Bertz CT molecular complexity index is 201. The van der Waals surface area contributed by atoms with Gasteiger partial charge in [0.05, 0.1) is 0 Å². The van der Waals surface area contributed by atoms with Crippen molar-refractivity contribution >= 4 is 20.5 Å². The average Bonchev–Trinajstić information content (AvgIpc) is 1.90. The van der Waals surface area contributed by atoms with Crippen molar-refractivity contribution < 1.29 is 0 Å². The predicted octanol–water partition coefficient (Wildman–Crippen LogP) is 1.56. The minimum absolute atomic E-state index is 1.06. The SMILES string of the molecule is C=C([SeH])c1ccccc1. The van der Waals surface area contributed by atoms with Gasteiger partial charge in [-0.1, -0.05) is 0 Å². The Labute approximate surface area is 63.4 Å². The van der Waals surface area contributed by atoms with Crippen molar-refractivity contribution in [2.45, 2.75) is 0 Å². The van der Waals surface area contributed by atoms with Crippen LogP contribution in [0.25, 0.3) is 4.47 Å². The van der Waals surface area contributed by atoms with Crippen LogP contribution < -0.4 is 0 Å². The first kappa shape index (κ1) is 6.60. The second-order valence-electron chi connectivity index (χ2n) is 1.81. The molecule has 0 unspecified atom stereocenters. The molecule has 0 atom stereocenters. The van der Waals surface area contributed by atoms with Gasteiger partial charge in [-0.05, 0) is 0 Å². The molecule has 0 aromatic heterocycles. The molecule has 0 spiro atoms. The summed E-state index contributed by atoms with van der Waals surface area (Å²) >= 11 is 2.44. The molecule has 1 heteroatoms. The van der Waals surface area contributed by atoms with Crippen LogP contribution in [0.3, 0.4) is 0 Å². The fourth-order valence-corrected chi connectivity index (χ4v) is 0.943. The first-order chi connectivity index (χ1) is 4.30. The van der Waals surface area contributed by atoms with Crippen LogP contribution in [0.2, 0.25) is 0 Å². The molecule has 0 fully saturated rings. The van der Waals surface area contributed by atoms with Crippen LogP contribution in [0, 0.1) is 0 Å². The Kier molecular flexibility index (Phi) is 2.10. The molecule has 1 rings (SSSR count). The van der Waals surface area contributed by atoms with E-state index in [-0.39, 0.29) is 0 Å². The Hall–Kier alpha value is -0.521. The van der Waals surface area contributed by atoms with E-state index in [9.17, 15) is 0 Å². The van der Waals surface area contributed by atoms with Crippen LogP contribution in [0.5, 0.6) is 0 Å². The van der Waals surface area contributed by atoms with Gasteiger partial charge in [-0.15, -0.1) is 0 Å². The van der Waals surface area contributed by atoms with E-state index in [2.05, 4.69) is 22.6 Å². The van der Waals surface area contributed by atoms with Crippen LogP contribution in [0.15, 0.2) is 36.9 Å². The summed E-state index contributed by atoms with van der Waals surface area (Å²) in [7, 11) is 0. The van der Waals surface area contributed by atoms with Gasteiger partial charge in [0, 0.05) is 0 Å². The molecular weight excluding hydrogens is 175 g/mol. The van der Waals surface area contributed by atoms with Gasteiger partial charge in [0.1, 0.15) is 0 Å². The van der Waals surface area contributed by atoms with E-state index in [0.29, 0.717) is 0 Å². The number of benzene rings is 1. The molecule has 0 aliphatic carbocycles. The van der Waals surface area contributed by atoms with Crippen LogP contribution >= 0.6 is 0 Å². The van der Waals surface area contributed by atoms with Gasteiger partial charge in [-0.2, -0.15) is 0 Å². The molecule has 0 nitrogen and oxygen atoms in total. The fourth-order valence-electron chi connectivity index (χ4n) is 0.631. The molecule has 0 saturated heterocycles. The van der Waals surface area contributed by atoms with E-state index in [4.69, 9.17) is 0 Å². The van der Waals surface area contributed by atoms with Crippen molar-refractivity contribution in [3.63, 3.8) is 0 Å². The molecule has 0 saturated carbocycles. The summed E-state index contributed by atoms with van der Waals surface area (Å²) in [6.45, 7) is 3.80. The molecule has 1 aromatic rings. The maximum absolute atomic E-state index is 3.80. The zero-order valence-corrected chi connectivity index (χ0v) is 6.92. The third kappa shape index (κ3) is 1.70. The van der Waals surface area contributed by atoms with E-state index in [1.54, 1.807) is 0 Å². The van der Waals surface area contributed by atoms with E-state index >= 15 is 0 Å². The van der Waals surface area contributed by atoms with Gasteiger partial charge in [0.25, 0.3) is 0 Å². The third-order valence-corrected chi connectivity index (χ3v) is 1.65. The summed E-state index contributed by atoms with van der Waals surface area (Å²) in [5, 5.41) is 0. The van der Waals surface area contributed by atoms with E-state index < -0.39 is 0 Å². The van der Waals surface area contributed by atoms with E-state index in [1.807, 2.05) is 30.3 Å². The fraction of sp³-hybridized carbons (Fsp3) is 0. The first-order valence-electron chi connectivity index (χ1n) is 2.74. The molecule has 0 amide bonds. The van der Waals surface area contributed by atoms with Gasteiger partial charge < -0.3 is 0 Å². The average molecular weight is 183 g/mol. The van der Waals surface area contributed by atoms with Gasteiger partial charge in [-0.25, -0.2) is 0 Å². The molecule has 0 N–H and O–H groups in total. The molecule has 9 heavy (non-hydrogen) atoms. The normalized spacial score (nSPS) is 9.00. The number of rotatable bonds is 1. The molecule has 0 aliphatic rings. The summed E-state index contributed by atoms with van der Waals surface area (Å²) < 4.78 is 1.06. The molecule has 0 heterocycles. The Morgan fingerprint density at radius 2 is 1.78 bits per heavy atom. The molecule has 0 aliphatic heterocycles. The van der Waals surface area contributed by atoms with Crippen molar-refractivity contribution in [2.24, 2.45) is 0 Å². The van der Waals surface area contributed by atoms with Gasteiger partial charge in [0.15, 0.2) is 0 Å². The minimum atomic E-state index is 1.06. The van der Waals surface area contributed by atoms with Crippen molar-refractivity contribution in [1.82, 2.24) is 0 Å². The molecule has 0 radical (unpaired) electrons. The number of hydrogen-bond acceptors (Lipinski definition) is 0. The quantitative estimate of drug-likeness (QED) is 0.579. The molecule has 46 valence electrons. The monoisotopic (exact) mass is 184 g/mol. The standard InChI is InChI=1S/C8H8Se/c1-7(9)8-5-3-2-4-6-8/h2-6,9H,1H2. The van der Waals surface area contributed by atoms with Gasteiger partial charge in [0.2, 0.25) is 0 Å². The second kappa shape index (κ2) is 2.86. The van der Waals surface area contributed by atoms with Gasteiger partial charge in [-0.3, -0.25) is 0 Å². The Balaban J connectivity index is 2.98. The second-order valence-corrected chi connectivity index (χ2v) is 2.95. The van der Waals surface area contributed by atoms with Crippen molar-refractivity contribution in [3.05, 3.63) is 42.5 Å². The summed E-state index contributed by atoms with van der Waals surface area (Å²) in [6, 6.07) is 10.1. The third-order valence-electron chi connectivity index (χ3n) is 1.11. The van der Waals surface area contributed by atoms with Crippen LogP contribution in [-0.2, 0) is 0 Å². The molecular formula is C8H8Se. The van der Waals surface area contributed by atoms with Crippen molar-refractivity contribution in [3.8, 4) is 0 Å². The number of hydrogen-bond donors (Lipinski definition) is 0. The summed E-state index contributed by atoms with van der Waals surface area (Å²) in [5.41, 5.74) is 1.19. The summed E-state index contributed by atoms with van der Waals surface area (Å²) in [4.78, 5) is 0. The van der Waals surface area contributed by atoms with Gasteiger partial charge >= 0.3 is 63.0 Å². The Morgan fingerprint density at radius 3 is 2.11 bits per heavy atom. The Morgan fingerprint density at radius 1 is 1.22 bits per heavy atom. The van der Waals surface area contributed by atoms with Crippen molar-refractivity contribution in [2.75, 3.05) is 0 Å². The molecule has 1 aromatic carbocycles. The zero-order valence-electron chi connectivity index (χ0n) is 5.04. The predicted molar refractivity (Wildman–Crippen MR) is 42.6 cm³/mol. The zero-order chi connectivity index (χ0) is 6.69. The van der Waals surface area contributed by atoms with E-state index in [1.165, 1.54) is 5.56 Å².